The Kier molecular flexibility index (Phi) is 8.55. The van der Waals surface area contributed by atoms with Gasteiger partial charge in [0.15, 0.2) is 11.5 Å². The Morgan fingerprint density at radius 3 is 2.42 bits per heavy atom. The molecule has 1 N–H and O–H groups in total. The van der Waals surface area contributed by atoms with Crippen molar-refractivity contribution in [3.63, 3.8) is 0 Å². The summed E-state index contributed by atoms with van der Waals surface area (Å²) in [5.74, 6) is 0.470. The third kappa shape index (κ3) is 6.42. The number of nitrogens with zero attached hydrogens (tertiary/aromatic N) is 1. The summed E-state index contributed by atoms with van der Waals surface area (Å²) in [4.78, 5) is 28.3. The molecule has 7 heteroatoms. The number of hydrogen-bond acceptors (Lipinski definition) is 4. The van der Waals surface area contributed by atoms with Crippen LogP contribution in [0.4, 0.5) is 4.39 Å². The first-order chi connectivity index (χ1) is 17.5. The van der Waals surface area contributed by atoms with Crippen molar-refractivity contribution in [2.24, 2.45) is 0 Å². The van der Waals surface area contributed by atoms with Crippen LogP contribution in [-0.4, -0.2) is 42.5 Å². The van der Waals surface area contributed by atoms with Gasteiger partial charge in [0.25, 0.3) is 0 Å². The van der Waals surface area contributed by atoms with Gasteiger partial charge >= 0.3 is 0 Å². The van der Waals surface area contributed by atoms with Crippen molar-refractivity contribution in [1.82, 2.24) is 10.2 Å². The van der Waals surface area contributed by atoms with Crippen molar-refractivity contribution >= 4 is 11.8 Å². The Hall–Kier alpha value is -3.87. The fourth-order valence-corrected chi connectivity index (χ4v) is 4.29. The molecule has 0 unspecified atom stereocenters. The maximum atomic E-state index is 14.6. The topological polar surface area (TPSA) is 67.9 Å². The van der Waals surface area contributed by atoms with Gasteiger partial charge in [-0.15, -0.1) is 0 Å². The van der Waals surface area contributed by atoms with Crippen molar-refractivity contribution in [1.29, 1.82) is 0 Å². The molecule has 0 fully saturated rings. The van der Waals surface area contributed by atoms with Gasteiger partial charge < -0.3 is 19.7 Å². The number of rotatable bonds is 10. The van der Waals surface area contributed by atoms with E-state index in [-0.39, 0.29) is 24.8 Å². The van der Waals surface area contributed by atoms with E-state index >= 15 is 0 Å². The normalized spacial score (nSPS) is 13.1. The number of hydrogen-bond donors (Lipinski definition) is 1. The first-order valence-corrected chi connectivity index (χ1v) is 12.3. The average molecular weight is 491 g/mol. The number of ether oxygens (including phenoxy) is 2. The highest BCUT2D eigenvalue weighted by Gasteiger charge is 2.30. The molecular weight excluding hydrogens is 459 g/mol. The minimum atomic E-state index is -0.778. The van der Waals surface area contributed by atoms with Gasteiger partial charge in [-0.1, -0.05) is 54.6 Å². The van der Waals surface area contributed by atoms with E-state index < -0.39 is 11.9 Å². The van der Waals surface area contributed by atoms with Gasteiger partial charge in [0, 0.05) is 31.5 Å². The number of halogens is 1. The number of amides is 2. The third-order valence-electron chi connectivity index (χ3n) is 6.15. The van der Waals surface area contributed by atoms with Crippen molar-refractivity contribution in [3.8, 4) is 11.5 Å². The van der Waals surface area contributed by atoms with Crippen molar-refractivity contribution < 1.29 is 23.5 Å². The highest BCUT2D eigenvalue weighted by Crippen LogP contribution is 2.31. The van der Waals surface area contributed by atoms with Crippen molar-refractivity contribution in [2.75, 3.05) is 19.8 Å². The Labute approximate surface area is 211 Å². The summed E-state index contributed by atoms with van der Waals surface area (Å²) < 4.78 is 25.8. The molecule has 0 radical (unpaired) electrons. The van der Waals surface area contributed by atoms with Gasteiger partial charge in [-0.25, -0.2) is 4.39 Å². The van der Waals surface area contributed by atoms with Crippen LogP contribution in [0.1, 0.15) is 30.0 Å². The Morgan fingerprint density at radius 2 is 1.67 bits per heavy atom. The van der Waals surface area contributed by atoms with Crippen LogP contribution in [0.2, 0.25) is 0 Å². The zero-order chi connectivity index (χ0) is 25.3. The Morgan fingerprint density at radius 1 is 0.944 bits per heavy atom. The van der Waals surface area contributed by atoms with Crippen molar-refractivity contribution in [3.05, 3.63) is 95.3 Å². The quantitative estimate of drug-likeness (QED) is 0.460. The van der Waals surface area contributed by atoms with Gasteiger partial charge in [-0.2, -0.15) is 0 Å². The second-order valence-corrected chi connectivity index (χ2v) is 8.69. The largest absolute Gasteiger partial charge is 0.486 e. The van der Waals surface area contributed by atoms with Crippen molar-refractivity contribution in [2.45, 2.75) is 38.8 Å². The standard InChI is InChI=1S/C29H31FN2O4/c1-2-31-29(34)25(18-21-8-4-3-5-9-21)32(20-23-10-6-7-11-24(23)30)28(33)15-13-22-12-14-26-27(19-22)36-17-16-35-26/h3-12,14,19,25H,2,13,15-18,20H2,1H3,(H,31,34)/t25-/m1/s1. The van der Waals surface area contributed by atoms with Crippen LogP contribution in [0.5, 0.6) is 11.5 Å². The first kappa shape index (κ1) is 25.2. The molecule has 0 spiro atoms. The number of likely N-dealkylation sites (N-methyl/N-ethyl adjacent to an activating group) is 1. The molecule has 4 rings (SSSR count). The zero-order valence-electron chi connectivity index (χ0n) is 20.4. The summed E-state index contributed by atoms with van der Waals surface area (Å²) in [7, 11) is 0. The van der Waals surface area contributed by atoms with Crippen LogP contribution in [0.25, 0.3) is 0 Å². The number of benzene rings is 3. The molecule has 1 aliphatic rings. The van der Waals surface area contributed by atoms with E-state index in [0.29, 0.717) is 49.7 Å². The number of carbonyl (C=O) groups excluding carboxylic acids is 2. The minimum Gasteiger partial charge on any atom is -0.486 e. The molecule has 6 nitrogen and oxygen atoms in total. The molecule has 1 atom stereocenters. The summed E-state index contributed by atoms with van der Waals surface area (Å²) in [5.41, 5.74) is 2.22. The molecule has 1 aliphatic heterocycles. The lowest BCUT2D eigenvalue weighted by Gasteiger charge is -2.31. The molecule has 3 aromatic rings. The monoisotopic (exact) mass is 490 g/mol. The molecule has 1 heterocycles. The molecule has 0 aromatic heterocycles. The molecule has 0 saturated heterocycles. The maximum absolute atomic E-state index is 14.6. The lowest BCUT2D eigenvalue weighted by atomic mass is 10.0. The molecular formula is C29H31FN2O4. The summed E-state index contributed by atoms with van der Waals surface area (Å²) in [6.07, 6.45) is 0.951. The SMILES string of the molecule is CCNC(=O)[C@@H](Cc1ccccc1)N(Cc1ccccc1F)C(=O)CCc1ccc2c(c1)OCCO2. The summed E-state index contributed by atoms with van der Waals surface area (Å²) >= 11 is 0. The zero-order valence-corrected chi connectivity index (χ0v) is 20.4. The average Bonchev–Trinajstić information content (AvgIpc) is 2.91. The molecule has 188 valence electrons. The number of aryl methyl sites for hydroxylation is 1. The van der Waals surface area contributed by atoms with Crippen LogP contribution < -0.4 is 14.8 Å². The number of nitrogens with one attached hydrogen (secondary N) is 1. The van der Waals surface area contributed by atoms with Gasteiger partial charge in [0.05, 0.1) is 0 Å². The molecule has 2 amide bonds. The smallest absolute Gasteiger partial charge is 0.243 e. The summed E-state index contributed by atoms with van der Waals surface area (Å²) in [6, 6.07) is 20.8. The molecule has 0 aliphatic carbocycles. The van der Waals surface area contributed by atoms with Gasteiger partial charge in [0.2, 0.25) is 11.8 Å². The fraction of sp³-hybridized carbons (Fsp3) is 0.310. The predicted octanol–water partition coefficient (Wildman–Crippen LogP) is 4.31. The fourth-order valence-electron chi connectivity index (χ4n) is 4.29. The van der Waals surface area contributed by atoms with E-state index in [1.54, 1.807) is 18.2 Å². The van der Waals surface area contributed by atoms with E-state index in [1.807, 2.05) is 55.5 Å². The summed E-state index contributed by atoms with van der Waals surface area (Å²) in [6.45, 7) is 3.27. The van der Waals surface area contributed by atoms with E-state index in [0.717, 1.165) is 11.1 Å². The van der Waals surface area contributed by atoms with Gasteiger partial charge in [-0.3, -0.25) is 9.59 Å². The third-order valence-corrected chi connectivity index (χ3v) is 6.15. The highest BCUT2D eigenvalue weighted by molar-refractivity contribution is 5.88. The van der Waals surface area contributed by atoms with Crippen LogP contribution in [0.15, 0.2) is 72.8 Å². The second-order valence-electron chi connectivity index (χ2n) is 8.69. The van der Waals surface area contributed by atoms with Gasteiger partial charge in [-0.05, 0) is 42.7 Å². The number of carbonyl (C=O) groups is 2. The van der Waals surface area contributed by atoms with Crippen LogP contribution in [0, 0.1) is 5.82 Å². The molecule has 36 heavy (non-hydrogen) atoms. The molecule has 0 saturated carbocycles. The minimum absolute atomic E-state index is 0.00127. The Balaban J connectivity index is 1.58. The lowest BCUT2D eigenvalue weighted by molar-refractivity contribution is -0.141. The van der Waals surface area contributed by atoms with Crippen LogP contribution >= 0.6 is 0 Å². The van der Waals surface area contributed by atoms with Crippen LogP contribution in [-0.2, 0) is 29.0 Å². The second kappa shape index (κ2) is 12.2. The van der Waals surface area contributed by atoms with E-state index in [2.05, 4.69) is 5.32 Å². The van der Waals surface area contributed by atoms with E-state index in [4.69, 9.17) is 9.47 Å². The maximum Gasteiger partial charge on any atom is 0.243 e. The molecule has 0 bridgehead atoms. The molecule has 3 aromatic carbocycles. The highest BCUT2D eigenvalue weighted by atomic mass is 19.1. The van der Waals surface area contributed by atoms with Gasteiger partial charge in [0.1, 0.15) is 25.1 Å². The Bertz CT molecular complexity index is 1180. The van der Waals surface area contributed by atoms with E-state index in [9.17, 15) is 14.0 Å². The number of fused-ring (bicyclic) bond motifs is 1. The predicted molar refractivity (Wildman–Crippen MR) is 135 cm³/mol. The lowest BCUT2D eigenvalue weighted by Crippen LogP contribution is -2.50. The van der Waals surface area contributed by atoms with E-state index in [1.165, 1.54) is 11.0 Å². The summed E-state index contributed by atoms with van der Waals surface area (Å²) in [5, 5.41) is 2.85. The first-order valence-electron chi connectivity index (χ1n) is 12.3. The van der Waals surface area contributed by atoms with Crippen LogP contribution in [0.3, 0.4) is 0 Å².